The minimum absolute atomic E-state index is 0.0529. The Labute approximate surface area is 164 Å². The lowest BCUT2D eigenvalue weighted by molar-refractivity contribution is -0.143. The Kier molecular flexibility index (Phi) is 8.90. The fourth-order valence-corrected chi connectivity index (χ4v) is 3.06. The van der Waals surface area contributed by atoms with Crippen molar-refractivity contribution in [3.05, 3.63) is 23.0 Å². The lowest BCUT2D eigenvalue weighted by Crippen LogP contribution is -2.24. The van der Waals surface area contributed by atoms with Gasteiger partial charge < -0.3 is 10.1 Å². The van der Waals surface area contributed by atoms with Gasteiger partial charge in [-0.2, -0.15) is 0 Å². The standard InChI is InChI=1S/C19H27ClFNO3S/c1-10(2)9-25-19(24)13(6)26-17-8-16(15(21)7-14(17)20)22-18(23)12(5)11(3)4/h7-8,10-13H,9H2,1-6H3,(H,22,23). The van der Waals surface area contributed by atoms with Gasteiger partial charge in [-0.15, -0.1) is 11.8 Å². The van der Waals surface area contributed by atoms with Crippen LogP contribution in [0.1, 0.15) is 41.5 Å². The molecular weight excluding hydrogens is 377 g/mol. The predicted octanol–water partition coefficient (Wildman–Crippen LogP) is 5.39. The zero-order valence-corrected chi connectivity index (χ0v) is 17.6. The first kappa shape index (κ1) is 22.8. The number of carbonyl (C=O) groups is 2. The summed E-state index contributed by atoms with van der Waals surface area (Å²) in [5.41, 5.74) is 0.0529. The van der Waals surface area contributed by atoms with Crippen molar-refractivity contribution in [1.29, 1.82) is 0 Å². The third-order valence-electron chi connectivity index (χ3n) is 3.89. The average Bonchev–Trinajstić information content (AvgIpc) is 2.55. The molecule has 2 unspecified atom stereocenters. The molecule has 0 heterocycles. The van der Waals surface area contributed by atoms with E-state index < -0.39 is 11.1 Å². The van der Waals surface area contributed by atoms with Crippen molar-refractivity contribution < 1.29 is 18.7 Å². The first-order chi connectivity index (χ1) is 12.0. The van der Waals surface area contributed by atoms with Gasteiger partial charge in [-0.25, -0.2) is 4.39 Å². The van der Waals surface area contributed by atoms with Crippen LogP contribution in [0.25, 0.3) is 0 Å². The molecule has 0 aliphatic rings. The molecule has 0 aromatic heterocycles. The summed E-state index contributed by atoms with van der Waals surface area (Å²) in [5, 5.41) is 2.28. The molecule has 1 N–H and O–H groups in total. The number of ether oxygens (including phenoxy) is 1. The highest BCUT2D eigenvalue weighted by Gasteiger charge is 2.22. The van der Waals surface area contributed by atoms with Crippen LogP contribution in [0.5, 0.6) is 0 Å². The van der Waals surface area contributed by atoms with Crippen LogP contribution >= 0.6 is 23.4 Å². The van der Waals surface area contributed by atoms with Crippen molar-refractivity contribution in [2.45, 2.75) is 51.7 Å². The van der Waals surface area contributed by atoms with Crippen LogP contribution in [0, 0.1) is 23.6 Å². The molecule has 7 heteroatoms. The Morgan fingerprint density at radius 2 is 1.81 bits per heavy atom. The monoisotopic (exact) mass is 403 g/mol. The van der Waals surface area contributed by atoms with Crippen molar-refractivity contribution in [1.82, 2.24) is 0 Å². The smallest absolute Gasteiger partial charge is 0.319 e. The van der Waals surface area contributed by atoms with Gasteiger partial charge in [0.15, 0.2) is 0 Å². The second kappa shape index (κ2) is 10.2. The third kappa shape index (κ3) is 6.80. The molecule has 0 saturated heterocycles. The van der Waals surface area contributed by atoms with Crippen LogP contribution in [0.4, 0.5) is 10.1 Å². The summed E-state index contributed by atoms with van der Waals surface area (Å²) >= 11 is 7.27. The summed E-state index contributed by atoms with van der Waals surface area (Å²) in [5.74, 6) is -1.11. The molecule has 4 nitrogen and oxygen atoms in total. The van der Waals surface area contributed by atoms with Crippen molar-refractivity contribution in [3.63, 3.8) is 0 Å². The highest BCUT2D eigenvalue weighted by molar-refractivity contribution is 8.00. The molecule has 1 aromatic carbocycles. The Bertz CT molecular complexity index is 652. The van der Waals surface area contributed by atoms with E-state index in [1.54, 1.807) is 13.8 Å². The quantitative estimate of drug-likeness (QED) is 0.467. The number of thioether (sulfide) groups is 1. The minimum Gasteiger partial charge on any atom is -0.465 e. The predicted molar refractivity (Wildman–Crippen MR) is 105 cm³/mol. The van der Waals surface area contributed by atoms with E-state index in [0.29, 0.717) is 11.5 Å². The van der Waals surface area contributed by atoms with Crippen LogP contribution in [-0.2, 0) is 14.3 Å². The summed E-state index contributed by atoms with van der Waals surface area (Å²) in [6.45, 7) is 11.6. The van der Waals surface area contributed by atoms with Crippen LogP contribution in [0.2, 0.25) is 5.02 Å². The highest BCUT2D eigenvalue weighted by Crippen LogP contribution is 2.35. The molecule has 0 spiro atoms. The number of benzene rings is 1. The number of carbonyl (C=O) groups excluding carboxylic acids is 2. The molecule has 0 aliphatic heterocycles. The Morgan fingerprint density at radius 3 is 2.35 bits per heavy atom. The first-order valence-electron chi connectivity index (χ1n) is 8.66. The molecule has 146 valence electrons. The normalized spacial score (nSPS) is 13.6. The molecule has 1 rings (SSSR count). The van der Waals surface area contributed by atoms with Crippen LogP contribution < -0.4 is 5.32 Å². The van der Waals surface area contributed by atoms with Gasteiger partial charge in [-0.1, -0.05) is 46.2 Å². The molecule has 0 fully saturated rings. The number of anilines is 1. The average molecular weight is 404 g/mol. The summed E-state index contributed by atoms with van der Waals surface area (Å²) < 4.78 is 19.4. The number of hydrogen-bond donors (Lipinski definition) is 1. The van der Waals surface area contributed by atoms with Crippen molar-refractivity contribution >= 4 is 40.9 Å². The molecule has 2 atom stereocenters. The SMILES string of the molecule is CC(C)COC(=O)C(C)Sc1cc(NC(=O)C(C)C(C)C)c(F)cc1Cl. The minimum atomic E-state index is -0.612. The number of rotatable bonds is 8. The first-order valence-corrected chi connectivity index (χ1v) is 9.91. The van der Waals surface area contributed by atoms with E-state index >= 15 is 0 Å². The van der Waals surface area contributed by atoms with Gasteiger partial charge in [0.05, 0.1) is 17.3 Å². The maximum Gasteiger partial charge on any atom is 0.319 e. The molecule has 1 amide bonds. The van der Waals surface area contributed by atoms with Gasteiger partial charge in [-0.3, -0.25) is 9.59 Å². The van der Waals surface area contributed by atoms with E-state index in [-0.39, 0.29) is 40.3 Å². The second-order valence-corrected chi connectivity index (χ2v) is 8.86. The van der Waals surface area contributed by atoms with Gasteiger partial charge in [0, 0.05) is 10.8 Å². The van der Waals surface area contributed by atoms with Gasteiger partial charge in [0.2, 0.25) is 5.91 Å². The largest absolute Gasteiger partial charge is 0.465 e. The lowest BCUT2D eigenvalue weighted by atomic mass is 9.97. The molecule has 0 bridgehead atoms. The number of halogens is 2. The molecule has 0 radical (unpaired) electrons. The number of amides is 1. The molecule has 1 aromatic rings. The van der Waals surface area contributed by atoms with Crippen LogP contribution in [0.15, 0.2) is 17.0 Å². The van der Waals surface area contributed by atoms with Crippen molar-refractivity contribution in [2.75, 3.05) is 11.9 Å². The van der Waals surface area contributed by atoms with Crippen molar-refractivity contribution in [2.24, 2.45) is 17.8 Å². The lowest BCUT2D eigenvalue weighted by Gasteiger charge is -2.17. The fraction of sp³-hybridized carbons (Fsp3) is 0.579. The van der Waals surface area contributed by atoms with Gasteiger partial charge in [0.1, 0.15) is 11.1 Å². The van der Waals surface area contributed by atoms with E-state index in [1.165, 1.54) is 17.8 Å². The number of hydrogen-bond acceptors (Lipinski definition) is 4. The summed E-state index contributed by atoms with van der Waals surface area (Å²) in [4.78, 5) is 24.7. The molecular formula is C19H27ClFNO3S. The van der Waals surface area contributed by atoms with Gasteiger partial charge in [-0.05, 0) is 30.9 Å². The Morgan fingerprint density at radius 1 is 1.19 bits per heavy atom. The summed E-state index contributed by atoms with van der Waals surface area (Å²) in [6.07, 6.45) is 0. The topological polar surface area (TPSA) is 55.4 Å². The van der Waals surface area contributed by atoms with Crippen molar-refractivity contribution in [3.8, 4) is 0 Å². The third-order valence-corrected chi connectivity index (χ3v) is 5.45. The van der Waals surface area contributed by atoms with Crippen LogP contribution in [-0.4, -0.2) is 23.7 Å². The Balaban J connectivity index is 2.90. The Hall–Kier alpha value is -1.27. The van der Waals surface area contributed by atoms with Gasteiger partial charge in [0.25, 0.3) is 0 Å². The number of esters is 1. The zero-order chi connectivity index (χ0) is 20.0. The van der Waals surface area contributed by atoms with E-state index in [9.17, 15) is 14.0 Å². The summed E-state index contributed by atoms with van der Waals surface area (Å²) in [7, 11) is 0. The summed E-state index contributed by atoms with van der Waals surface area (Å²) in [6, 6.07) is 2.60. The maximum absolute atomic E-state index is 14.2. The number of nitrogens with one attached hydrogen (secondary N) is 1. The second-order valence-electron chi connectivity index (χ2n) is 7.07. The van der Waals surface area contributed by atoms with E-state index in [4.69, 9.17) is 16.3 Å². The van der Waals surface area contributed by atoms with Crippen LogP contribution in [0.3, 0.4) is 0 Å². The van der Waals surface area contributed by atoms with Gasteiger partial charge >= 0.3 is 5.97 Å². The molecule has 0 aliphatic carbocycles. The highest BCUT2D eigenvalue weighted by atomic mass is 35.5. The molecule has 26 heavy (non-hydrogen) atoms. The zero-order valence-electron chi connectivity index (χ0n) is 16.1. The van der Waals surface area contributed by atoms with E-state index in [2.05, 4.69) is 5.32 Å². The molecule has 0 saturated carbocycles. The maximum atomic E-state index is 14.2. The van der Waals surface area contributed by atoms with E-state index in [1.807, 2.05) is 27.7 Å². The fourth-order valence-electron chi connectivity index (χ4n) is 1.87. The van der Waals surface area contributed by atoms with E-state index in [0.717, 1.165) is 6.07 Å².